The minimum atomic E-state index is 0.403. The third kappa shape index (κ3) is 1.70. The predicted molar refractivity (Wildman–Crippen MR) is 59.9 cm³/mol. The number of fused-ring (bicyclic) bond motifs is 1. The summed E-state index contributed by atoms with van der Waals surface area (Å²) in [7, 11) is 0. The van der Waals surface area contributed by atoms with Crippen LogP contribution in [0.2, 0.25) is 5.02 Å². The van der Waals surface area contributed by atoms with Gasteiger partial charge in [-0.15, -0.1) is 0 Å². The number of aromatic nitrogens is 1. The zero-order valence-electron chi connectivity index (χ0n) is 8.21. The number of hydrogen-bond acceptors (Lipinski definition) is 2. The van der Waals surface area contributed by atoms with Gasteiger partial charge in [0.05, 0.1) is 17.3 Å². The highest BCUT2D eigenvalue weighted by atomic mass is 35.5. The topological polar surface area (TPSA) is 42.1 Å². The lowest BCUT2D eigenvalue weighted by atomic mass is 10.2. The highest BCUT2D eigenvalue weighted by Gasteiger charge is 2.09. The summed E-state index contributed by atoms with van der Waals surface area (Å²) in [4.78, 5) is 13.6. The molecule has 0 aliphatic heterocycles. The number of benzene rings is 1. The summed E-state index contributed by atoms with van der Waals surface area (Å²) in [5, 5.41) is 1.26. The molecule has 15 heavy (non-hydrogen) atoms. The van der Waals surface area contributed by atoms with Gasteiger partial charge in [-0.05, 0) is 25.1 Å². The van der Waals surface area contributed by atoms with Crippen molar-refractivity contribution in [1.82, 2.24) is 4.98 Å². The van der Waals surface area contributed by atoms with Crippen molar-refractivity contribution >= 4 is 28.8 Å². The smallest absolute Gasteiger partial charge is 0.167 e. The van der Waals surface area contributed by atoms with Gasteiger partial charge in [0.25, 0.3) is 0 Å². The van der Waals surface area contributed by atoms with Crippen molar-refractivity contribution in [2.24, 2.45) is 0 Å². The number of halogens is 1. The van der Waals surface area contributed by atoms with Gasteiger partial charge < -0.3 is 9.72 Å². The van der Waals surface area contributed by atoms with Crippen LogP contribution in [0.1, 0.15) is 17.4 Å². The molecule has 1 N–H and O–H groups in total. The van der Waals surface area contributed by atoms with Crippen LogP contribution in [0.5, 0.6) is 5.75 Å². The molecule has 4 heteroatoms. The maximum absolute atomic E-state index is 10.7. The molecule has 0 amide bonds. The molecule has 0 fully saturated rings. The molecule has 2 aromatic rings. The first-order valence-electron chi connectivity index (χ1n) is 4.65. The summed E-state index contributed by atoms with van der Waals surface area (Å²) in [6.45, 7) is 2.52. The molecule has 0 bridgehead atoms. The number of nitrogens with one attached hydrogen (secondary N) is 1. The molecular formula is C11H10ClNO2. The number of H-pyrrole nitrogens is 1. The van der Waals surface area contributed by atoms with E-state index >= 15 is 0 Å². The van der Waals surface area contributed by atoms with Gasteiger partial charge >= 0.3 is 0 Å². The molecule has 0 radical (unpaired) electrons. The summed E-state index contributed by atoms with van der Waals surface area (Å²) < 4.78 is 5.35. The number of carbonyl (C=O) groups excluding carboxylic acids is 1. The molecule has 0 atom stereocenters. The van der Waals surface area contributed by atoms with E-state index in [-0.39, 0.29) is 0 Å². The van der Waals surface area contributed by atoms with Crippen LogP contribution in [0, 0.1) is 0 Å². The van der Waals surface area contributed by atoms with Crippen molar-refractivity contribution in [1.29, 1.82) is 0 Å². The summed E-state index contributed by atoms with van der Waals surface area (Å²) in [5.41, 5.74) is 1.24. The van der Waals surface area contributed by atoms with Crippen LogP contribution in [0.3, 0.4) is 0 Å². The molecule has 0 aliphatic carbocycles. The Hall–Kier alpha value is -1.48. The summed E-state index contributed by atoms with van der Waals surface area (Å²) >= 11 is 6.01. The number of rotatable bonds is 3. The Labute approximate surface area is 92.0 Å². The zero-order valence-corrected chi connectivity index (χ0v) is 8.97. The van der Waals surface area contributed by atoms with Gasteiger partial charge in [-0.1, -0.05) is 11.6 Å². The number of aldehydes is 1. The number of carbonyl (C=O) groups is 1. The first-order valence-corrected chi connectivity index (χ1v) is 5.03. The van der Waals surface area contributed by atoms with Crippen LogP contribution < -0.4 is 4.74 Å². The first kappa shape index (κ1) is 10.1. The van der Waals surface area contributed by atoms with E-state index in [4.69, 9.17) is 16.3 Å². The van der Waals surface area contributed by atoms with E-state index in [0.717, 1.165) is 16.7 Å². The minimum Gasteiger partial charge on any atom is -0.494 e. The highest BCUT2D eigenvalue weighted by molar-refractivity contribution is 6.38. The van der Waals surface area contributed by atoms with E-state index in [9.17, 15) is 4.79 Å². The zero-order chi connectivity index (χ0) is 10.8. The Kier molecular flexibility index (Phi) is 2.64. The molecule has 0 saturated carbocycles. The standard InChI is InChI=1S/C11H10ClNO2/c1-2-15-7-3-4-9-8(5-7)11(12)10(6-14)13-9/h3-6,13H,2H2,1H3. The predicted octanol–water partition coefficient (Wildman–Crippen LogP) is 3.03. The normalized spacial score (nSPS) is 10.5. The quantitative estimate of drug-likeness (QED) is 0.813. The van der Waals surface area contributed by atoms with Crippen molar-refractivity contribution in [2.45, 2.75) is 6.92 Å². The van der Waals surface area contributed by atoms with Gasteiger partial charge in [-0.3, -0.25) is 4.79 Å². The minimum absolute atomic E-state index is 0.403. The lowest BCUT2D eigenvalue weighted by molar-refractivity contribution is 0.112. The molecule has 0 unspecified atom stereocenters. The van der Waals surface area contributed by atoms with Gasteiger partial charge in [0.1, 0.15) is 5.75 Å². The van der Waals surface area contributed by atoms with Gasteiger partial charge in [-0.2, -0.15) is 0 Å². The molecule has 0 saturated heterocycles. The van der Waals surface area contributed by atoms with E-state index < -0.39 is 0 Å². The maximum Gasteiger partial charge on any atom is 0.167 e. The Morgan fingerprint density at radius 1 is 1.53 bits per heavy atom. The van der Waals surface area contributed by atoms with Gasteiger partial charge in [0.2, 0.25) is 0 Å². The largest absolute Gasteiger partial charge is 0.494 e. The Balaban J connectivity index is 2.59. The van der Waals surface area contributed by atoms with Crippen LogP contribution in [-0.4, -0.2) is 17.9 Å². The van der Waals surface area contributed by atoms with E-state index in [1.54, 1.807) is 0 Å². The summed E-state index contributed by atoms with van der Waals surface area (Å²) in [6, 6.07) is 5.51. The monoisotopic (exact) mass is 223 g/mol. The van der Waals surface area contributed by atoms with Gasteiger partial charge in [0.15, 0.2) is 6.29 Å². The van der Waals surface area contributed by atoms with Crippen LogP contribution in [0.4, 0.5) is 0 Å². The number of hydrogen-bond donors (Lipinski definition) is 1. The fourth-order valence-corrected chi connectivity index (χ4v) is 1.74. The van der Waals surface area contributed by atoms with Crippen molar-refractivity contribution in [3.8, 4) is 5.75 Å². The molecule has 2 rings (SSSR count). The molecule has 1 heterocycles. The summed E-state index contributed by atoms with van der Waals surface area (Å²) in [6.07, 6.45) is 0.711. The van der Waals surface area contributed by atoms with Gasteiger partial charge in [-0.25, -0.2) is 0 Å². The van der Waals surface area contributed by atoms with E-state index in [2.05, 4.69) is 4.98 Å². The number of aromatic amines is 1. The second-order valence-corrected chi connectivity index (χ2v) is 3.49. The molecule has 1 aromatic carbocycles. The maximum atomic E-state index is 10.7. The van der Waals surface area contributed by atoms with Crippen molar-refractivity contribution in [3.63, 3.8) is 0 Å². The lowest BCUT2D eigenvalue weighted by Crippen LogP contribution is -1.90. The molecule has 0 aliphatic rings. The Morgan fingerprint density at radius 2 is 2.33 bits per heavy atom. The van der Waals surface area contributed by atoms with Gasteiger partial charge in [0, 0.05) is 10.9 Å². The van der Waals surface area contributed by atoms with E-state index in [0.29, 0.717) is 23.6 Å². The molecular weight excluding hydrogens is 214 g/mol. The molecule has 0 spiro atoms. The fourth-order valence-electron chi connectivity index (χ4n) is 1.50. The third-order valence-electron chi connectivity index (χ3n) is 2.16. The Morgan fingerprint density at radius 3 is 3.00 bits per heavy atom. The molecule has 3 nitrogen and oxygen atoms in total. The second-order valence-electron chi connectivity index (χ2n) is 3.11. The average Bonchev–Trinajstić information content (AvgIpc) is 2.56. The molecule has 78 valence electrons. The van der Waals surface area contributed by atoms with Crippen LogP contribution >= 0.6 is 11.6 Å². The SMILES string of the molecule is CCOc1ccc2[nH]c(C=O)c(Cl)c2c1. The van der Waals surface area contributed by atoms with Crippen molar-refractivity contribution < 1.29 is 9.53 Å². The fraction of sp³-hybridized carbons (Fsp3) is 0.182. The molecule has 1 aromatic heterocycles. The number of ether oxygens (including phenoxy) is 1. The van der Waals surface area contributed by atoms with Crippen LogP contribution in [0.15, 0.2) is 18.2 Å². The Bertz CT molecular complexity index is 505. The van der Waals surface area contributed by atoms with E-state index in [1.165, 1.54) is 0 Å². The van der Waals surface area contributed by atoms with Crippen LogP contribution in [-0.2, 0) is 0 Å². The lowest BCUT2D eigenvalue weighted by Gasteiger charge is -2.01. The average molecular weight is 224 g/mol. The van der Waals surface area contributed by atoms with Crippen molar-refractivity contribution in [3.05, 3.63) is 28.9 Å². The second kappa shape index (κ2) is 3.95. The van der Waals surface area contributed by atoms with Crippen molar-refractivity contribution in [2.75, 3.05) is 6.61 Å². The van der Waals surface area contributed by atoms with Crippen LogP contribution in [0.25, 0.3) is 10.9 Å². The van der Waals surface area contributed by atoms with E-state index in [1.807, 2.05) is 25.1 Å². The highest BCUT2D eigenvalue weighted by Crippen LogP contribution is 2.29. The first-order chi connectivity index (χ1) is 7.26. The summed E-state index contributed by atoms with van der Waals surface area (Å²) in [5.74, 6) is 0.753. The third-order valence-corrected chi connectivity index (χ3v) is 2.57.